The van der Waals surface area contributed by atoms with Gasteiger partial charge in [0.05, 0.1) is 18.0 Å². The molecule has 0 aromatic heterocycles. The maximum atomic E-state index is 13.2. The molecule has 2 N–H and O–H groups in total. The van der Waals surface area contributed by atoms with Crippen LogP contribution < -0.4 is 15.4 Å². The third-order valence-corrected chi connectivity index (χ3v) is 4.11. The van der Waals surface area contributed by atoms with E-state index in [0.29, 0.717) is 13.1 Å². The van der Waals surface area contributed by atoms with Crippen molar-refractivity contribution in [1.29, 1.82) is 0 Å². The monoisotopic (exact) mass is 426 g/mol. The average molecular weight is 427 g/mol. The summed E-state index contributed by atoms with van der Waals surface area (Å²) in [6.45, 7) is 0.699. The van der Waals surface area contributed by atoms with Crippen molar-refractivity contribution in [2.45, 2.75) is 18.6 Å². The van der Waals surface area contributed by atoms with Crippen LogP contribution in [-0.2, 0) is 4.79 Å². The molecule has 1 aliphatic heterocycles. The fourth-order valence-electron chi connectivity index (χ4n) is 2.73. The van der Waals surface area contributed by atoms with Crippen LogP contribution in [0.4, 0.5) is 18.9 Å². The first-order chi connectivity index (χ1) is 12.8. The minimum atomic E-state index is -4.45. The number of alkyl halides is 3. The van der Waals surface area contributed by atoms with Crippen molar-refractivity contribution in [2.75, 3.05) is 39.3 Å². The lowest BCUT2D eigenvalue weighted by molar-refractivity contribution is -0.385. The van der Waals surface area contributed by atoms with Gasteiger partial charge in [-0.3, -0.25) is 19.8 Å². The number of halogens is 4. The van der Waals surface area contributed by atoms with Crippen LogP contribution in [-0.4, -0.2) is 67.3 Å². The maximum absolute atomic E-state index is 13.2. The number of amides is 1. The number of para-hydroxylation sites is 2. The molecule has 0 bridgehead atoms. The number of rotatable bonds is 8. The van der Waals surface area contributed by atoms with Crippen molar-refractivity contribution < 1.29 is 27.6 Å². The fraction of sp³-hybridized carbons (Fsp3) is 0.562. The Hall–Kier alpha value is -2.11. The number of piperazine rings is 1. The van der Waals surface area contributed by atoms with Crippen LogP contribution in [0.5, 0.6) is 5.75 Å². The number of nitrogens with one attached hydrogen (secondary N) is 2. The number of carbonyl (C=O) groups excluding carboxylic acids is 1. The second-order valence-electron chi connectivity index (χ2n) is 5.97. The summed E-state index contributed by atoms with van der Waals surface area (Å²) in [7, 11) is 0. The zero-order chi connectivity index (χ0) is 19.9. The summed E-state index contributed by atoms with van der Waals surface area (Å²) in [6.07, 6.45) is -4.66. The predicted molar refractivity (Wildman–Crippen MR) is 97.8 cm³/mol. The summed E-state index contributed by atoms with van der Waals surface area (Å²) in [5, 5.41) is 16.1. The van der Waals surface area contributed by atoms with Gasteiger partial charge in [-0.2, -0.15) is 13.2 Å². The van der Waals surface area contributed by atoms with E-state index in [1.807, 2.05) is 0 Å². The molecule has 1 fully saturated rings. The lowest BCUT2D eigenvalue weighted by Gasteiger charge is -2.35. The molecule has 0 aliphatic carbocycles. The zero-order valence-corrected chi connectivity index (χ0v) is 15.7. The van der Waals surface area contributed by atoms with E-state index >= 15 is 0 Å². The molecule has 28 heavy (non-hydrogen) atoms. The molecule has 1 aromatic rings. The summed E-state index contributed by atoms with van der Waals surface area (Å²) in [6, 6.07) is 3.92. The van der Waals surface area contributed by atoms with Crippen molar-refractivity contribution in [1.82, 2.24) is 15.5 Å². The van der Waals surface area contributed by atoms with Gasteiger partial charge in [-0.05, 0) is 6.07 Å². The topological polar surface area (TPSA) is 96.7 Å². The highest BCUT2D eigenvalue weighted by Crippen LogP contribution is 2.26. The molecule has 1 saturated heterocycles. The zero-order valence-electron chi connectivity index (χ0n) is 14.9. The quantitative estimate of drug-likeness (QED) is 0.485. The van der Waals surface area contributed by atoms with Gasteiger partial charge in [-0.1, -0.05) is 12.1 Å². The minimum absolute atomic E-state index is 0. The van der Waals surface area contributed by atoms with Gasteiger partial charge in [-0.25, -0.2) is 0 Å². The van der Waals surface area contributed by atoms with E-state index in [-0.39, 0.29) is 50.0 Å². The Labute approximate surface area is 166 Å². The van der Waals surface area contributed by atoms with Gasteiger partial charge in [0.2, 0.25) is 5.91 Å². The van der Waals surface area contributed by atoms with Gasteiger partial charge in [-0.15, -0.1) is 12.4 Å². The lowest BCUT2D eigenvalue weighted by Crippen LogP contribution is -2.57. The largest absolute Gasteiger partial charge is 0.486 e. The van der Waals surface area contributed by atoms with E-state index in [9.17, 15) is 28.1 Å². The molecule has 1 atom stereocenters. The summed E-state index contributed by atoms with van der Waals surface area (Å²) in [5.41, 5.74) is -0.242. The summed E-state index contributed by atoms with van der Waals surface area (Å²) < 4.78 is 45.0. The van der Waals surface area contributed by atoms with Gasteiger partial charge < -0.3 is 15.4 Å². The molecule has 1 heterocycles. The molecule has 1 unspecified atom stereocenters. The van der Waals surface area contributed by atoms with Crippen LogP contribution in [0.2, 0.25) is 0 Å². The minimum Gasteiger partial charge on any atom is -0.486 e. The Morgan fingerprint density at radius 3 is 2.57 bits per heavy atom. The van der Waals surface area contributed by atoms with Gasteiger partial charge in [0.15, 0.2) is 5.75 Å². The van der Waals surface area contributed by atoms with Gasteiger partial charge in [0.25, 0.3) is 0 Å². The molecular formula is C16H22ClF3N4O4. The van der Waals surface area contributed by atoms with Crippen LogP contribution in [0.1, 0.15) is 6.42 Å². The van der Waals surface area contributed by atoms with E-state index in [2.05, 4.69) is 10.6 Å². The molecule has 1 aromatic carbocycles. The van der Waals surface area contributed by atoms with Crippen molar-refractivity contribution in [3.8, 4) is 5.75 Å². The Kier molecular flexibility index (Phi) is 9.42. The SMILES string of the molecule is Cl.O=C(CCOc1ccccc1[N+](=O)[O-])NCC(N1CCNCC1)C(F)(F)F. The third kappa shape index (κ3) is 7.13. The fourth-order valence-corrected chi connectivity index (χ4v) is 2.73. The number of ether oxygens (including phenoxy) is 1. The molecule has 12 heteroatoms. The van der Waals surface area contributed by atoms with E-state index < -0.39 is 29.6 Å². The summed E-state index contributed by atoms with van der Waals surface area (Å²) in [4.78, 5) is 23.4. The molecule has 0 saturated carbocycles. The first-order valence-corrected chi connectivity index (χ1v) is 8.43. The highest BCUT2D eigenvalue weighted by atomic mass is 35.5. The van der Waals surface area contributed by atoms with E-state index in [0.717, 1.165) is 0 Å². The van der Waals surface area contributed by atoms with E-state index in [4.69, 9.17) is 4.74 Å². The highest BCUT2D eigenvalue weighted by molar-refractivity contribution is 5.85. The van der Waals surface area contributed by atoms with Crippen molar-refractivity contribution in [3.05, 3.63) is 34.4 Å². The molecule has 158 valence electrons. The first kappa shape index (κ1) is 23.9. The van der Waals surface area contributed by atoms with Gasteiger partial charge in [0.1, 0.15) is 6.04 Å². The Morgan fingerprint density at radius 2 is 1.96 bits per heavy atom. The number of benzene rings is 1. The highest BCUT2D eigenvalue weighted by Gasteiger charge is 2.43. The molecule has 1 amide bonds. The maximum Gasteiger partial charge on any atom is 0.405 e. The van der Waals surface area contributed by atoms with Crippen molar-refractivity contribution in [2.24, 2.45) is 0 Å². The lowest BCUT2D eigenvalue weighted by atomic mass is 10.2. The van der Waals surface area contributed by atoms with Gasteiger partial charge in [0, 0.05) is 38.8 Å². The smallest absolute Gasteiger partial charge is 0.405 e. The molecule has 1 aliphatic rings. The van der Waals surface area contributed by atoms with Crippen LogP contribution in [0.25, 0.3) is 0 Å². The van der Waals surface area contributed by atoms with Crippen LogP contribution >= 0.6 is 12.4 Å². The number of nitro groups is 1. The third-order valence-electron chi connectivity index (χ3n) is 4.11. The molecule has 0 radical (unpaired) electrons. The van der Waals surface area contributed by atoms with Gasteiger partial charge >= 0.3 is 11.9 Å². The van der Waals surface area contributed by atoms with Crippen molar-refractivity contribution >= 4 is 24.0 Å². The predicted octanol–water partition coefficient (Wildman–Crippen LogP) is 1.74. The van der Waals surface area contributed by atoms with Crippen LogP contribution in [0.3, 0.4) is 0 Å². The number of hydrogen-bond acceptors (Lipinski definition) is 6. The second kappa shape index (κ2) is 11.0. The number of nitro benzene ring substituents is 1. The standard InChI is InChI=1S/C16H21F3N4O4.ClH/c17-16(18,19)14(22-8-6-20-7-9-22)11-21-15(24)5-10-27-13-4-2-1-3-12(13)23(25)26;/h1-4,14,20H,5-11H2,(H,21,24);1H. The Bertz CT molecular complexity index is 657. The number of nitrogens with zero attached hydrogens (tertiary/aromatic N) is 2. The first-order valence-electron chi connectivity index (χ1n) is 8.43. The number of hydrogen-bond donors (Lipinski definition) is 2. The molecular weight excluding hydrogens is 405 g/mol. The second-order valence-corrected chi connectivity index (χ2v) is 5.97. The Balaban J connectivity index is 0.00000392. The number of carbonyl (C=O) groups is 1. The average Bonchev–Trinajstić information content (AvgIpc) is 2.62. The van der Waals surface area contributed by atoms with Crippen molar-refractivity contribution in [3.63, 3.8) is 0 Å². The Morgan fingerprint density at radius 1 is 1.32 bits per heavy atom. The molecule has 0 spiro atoms. The van der Waals surface area contributed by atoms with E-state index in [1.165, 1.54) is 23.1 Å². The van der Waals surface area contributed by atoms with E-state index in [1.54, 1.807) is 6.07 Å². The normalized spacial score (nSPS) is 16.0. The molecule has 2 rings (SSSR count). The summed E-state index contributed by atoms with van der Waals surface area (Å²) in [5.74, 6) is -0.609. The summed E-state index contributed by atoms with van der Waals surface area (Å²) >= 11 is 0. The van der Waals surface area contributed by atoms with Crippen LogP contribution in [0, 0.1) is 10.1 Å². The van der Waals surface area contributed by atoms with Crippen LogP contribution in [0.15, 0.2) is 24.3 Å². The molecule has 8 nitrogen and oxygen atoms in total.